The lowest BCUT2D eigenvalue weighted by Gasteiger charge is -2.24. The van der Waals surface area contributed by atoms with E-state index in [1.54, 1.807) is 7.11 Å². The third-order valence-electron chi connectivity index (χ3n) is 5.38. The van der Waals surface area contributed by atoms with Crippen LogP contribution in [0.4, 0.5) is 20.3 Å². The Morgan fingerprint density at radius 1 is 1.21 bits per heavy atom. The standard InChI is InChI=1S/C21H24F2N4O/c1-27-19-7-4-13(24-9-10-28-2)11-16(19)15-5-8-20(26-21(15)27)25-14-3-6-17(22)18(23)12-14/h3,5-6,8,12-13,24H,4,7,9-11H2,1-2H3,(H,25,26). The van der Waals surface area contributed by atoms with E-state index in [2.05, 4.69) is 21.3 Å². The van der Waals surface area contributed by atoms with Crippen LogP contribution in [-0.2, 0) is 24.6 Å². The van der Waals surface area contributed by atoms with E-state index >= 15 is 0 Å². The molecule has 0 aliphatic heterocycles. The third-order valence-corrected chi connectivity index (χ3v) is 5.38. The van der Waals surface area contributed by atoms with Crippen LogP contribution in [0.5, 0.6) is 0 Å². The average Bonchev–Trinajstić information content (AvgIpc) is 2.97. The number of aromatic nitrogens is 2. The van der Waals surface area contributed by atoms with Crippen LogP contribution in [-0.4, -0.2) is 35.9 Å². The number of hydrogen-bond acceptors (Lipinski definition) is 4. The highest BCUT2D eigenvalue weighted by molar-refractivity contribution is 5.84. The first kappa shape index (κ1) is 18.8. The van der Waals surface area contributed by atoms with Crippen LogP contribution in [0.15, 0.2) is 30.3 Å². The van der Waals surface area contributed by atoms with E-state index in [9.17, 15) is 8.78 Å². The summed E-state index contributed by atoms with van der Waals surface area (Å²) in [6, 6.07) is 8.11. The smallest absolute Gasteiger partial charge is 0.160 e. The molecule has 7 heteroatoms. The summed E-state index contributed by atoms with van der Waals surface area (Å²) in [6.07, 6.45) is 3.05. The number of aryl methyl sites for hydroxylation is 1. The van der Waals surface area contributed by atoms with Gasteiger partial charge in [-0.05, 0) is 49.1 Å². The molecule has 1 aromatic carbocycles. The fourth-order valence-corrected chi connectivity index (χ4v) is 3.96. The first-order valence-electron chi connectivity index (χ1n) is 9.48. The molecule has 4 rings (SSSR count). The van der Waals surface area contributed by atoms with Crippen LogP contribution in [0.1, 0.15) is 17.7 Å². The Balaban J connectivity index is 1.59. The predicted molar refractivity (Wildman–Crippen MR) is 106 cm³/mol. The lowest BCUT2D eigenvalue weighted by atomic mass is 9.91. The van der Waals surface area contributed by atoms with E-state index in [-0.39, 0.29) is 0 Å². The number of halogens is 2. The third kappa shape index (κ3) is 3.59. The van der Waals surface area contributed by atoms with Crippen molar-refractivity contribution >= 4 is 22.5 Å². The lowest BCUT2D eigenvalue weighted by Crippen LogP contribution is -2.36. The average molecular weight is 386 g/mol. The molecule has 0 radical (unpaired) electrons. The fourth-order valence-electron chi connectivity index (χ4n) is 3.96. The van der Waals surface area contributed by atoms with Gasteiger partial charge >= 0.3 is 0 Å². The topological polar surface area (TPSA) is 51.1 Å². The molecule has 2 N–H and O–H groups in total. The van der Waals surface area contributed by atoms with Crippen molar-refractivity contribution in [3.05, 3.63) is 53.2 Å². The Hall–Kier alpha value is -2.51. The normalized spacial score (nSPS) is 16.4. The summed E-state index contributed by atoms with van der Waals surface area (Å²) >= 11 is 0. The van der Waals surface area contributed by atoms with Gasteiger partial charge in [0.2, 0.25) is 0 Å². The molecule has 3 aromatic rings. The van der Waals surface area contributed by atoms with Gasteiger partial charge in [-0.2, -0.15) is 0 Å². The molecule has 148 valence electrons. The number of nitrogens with zero attached hydrogens (tertiary/aromatic N) is 2. The van der Waals surface area contributed by atoms with Crippen LogP contribution in [0.3, 0.4) is 0 Å². The zero-order chi connectivity index (χ0) is 19.7. The number of benzene rings is 1. The summed E-state index contributed by atoms with van der Waals surface area (Å²) in [5, 5.41) is 7.76. The highest BCUT2D eigenvalue weighted by Gasteiger charge is 2.24. The van der Waals surface area contributed by atoms with Crippen LogP contribution in [0.2, 0.25) is 0 Å². The van der Waals surface area contributed by atoms with Gasteiger partial charge in [0.05, 0.1) is 6.61 Å². The molecule has 0 amide bonds. The van der Waals surface area contributed by atoms with Gasteiger partial charge in [-0.1, -0.05) is 0 Å². The number of rotatable bonds is 6. The van der Waals surface area contributed by atoms with Crippen molar-refractivity contribution < 1.29 is 13.5 Å². The van der Waals surface area contributed by atoms with E-state index in [1.165, 1.54) is 17.3 Å². The SMILES string of the molecule is COCCNC1CCc2c(c3ccc(Nc4ccc(F)c(F)c4)nc3n2C)C1. The molecule has 1 atom stereocenters. The van der Waals surface area contributed by atoms with Crippen LogP contribution in [0, 0.1) is 11.6 Å². The molecule has 0 saturated carbocycles. The molecule has 0 saturated heterocycles. The van der Waals surface area contributed by atoms with Crippen molar-refractivity contribution in [2.24, 2.45) is 7.05 Å². The van der Waals surface area contributed by atoms with E-state index in [0.717, 1.165) is 49.0 Å². The summed E-state index contributed by atoms with van der Waals surface area (Å²) in [4.78, 5) is 4.72. The number of anilines is 2. The Morgan fingerprint density at radius 3 is 2.86 bits per heavy atom. The number of nitrogens with one attached hydrogen (secondary N) is 2. The van der Waals surface area contributed by atoms with Crippen LogP contribution >= 0.6 is 0 Å². The molecule has 0 spiro atoms. The Kier molecular flexibility index (Phi) is 5.28. The van der Waals surface area contributed by atoms with Crippen molar-refractivity contribution in [1.82, 2.24) is 14.9 Å². The second kappa shape index (κ2) is 7.85. The van der Waals surface area contributed by atoms with Crippen molar-refractivity contribution in [3.8, 4) is 0 Å². The summed E-state index contributed by atoms with van der Waals surface area (Å²) < 4.78 is 33.8. The fraction of sp³-hybridized carbons (Fsp3) is 0.381. The predicted octanol–water partition coefficient (Wildman–Crippen LogP) is 3.69. The zero-order valence-corrected chi connectivity index (χ0v) is 16.1. The maximum absolute atomic E-state index is 13.4. The molecule has 2 heterocycles. The minimum atomic E-state index is -0.882. The summed E-state index contributed by atoms with van der Waals surface area (Å²) in [7, 11) is 3.75. The molecule has 1 unspecified atom stereocenters. The highest BCUT2D eigenvalue weighted by Crippen LogP contribution is 2.32. The van der Waals surface area contributed by atoms with Crippen molar-refractivity contribution in [2.45, 2.75) is 25.3 Å². The largest absolute Gasteiger partial charge is 0.383 e. The second-order valence-electron chi connectivity index (χ2n) is 7.19. The molecule has 0 fully saturated rings. The van der Waals surface area contributed by atoms with Gasteiger partial charge in [-0.15, -0.1) is 0 Å². The minimum absolute atomic E-state index is 0.438. The van der Waals surface area contributed by atoms with Crippen molar-refractivity contribution in [3.63, 3.8) is 0 Å². The number of methoxy groups -OCH3 is 1. The molecule has 1 aliphatic carbocycles. The van der Waals surface area contributed by atoms with Gasteiger partial charge in [-0.25, -0.2) is 13.8 Å². The summed E-state index contributed by atoms with van der Waals surface area (Å²) in [5.41, 5.74) is 4.02. The maximum Gasteiger partial charge on any atom is 0.160 e. The second-order valence-corrected chi connectivity index (χ2v) is 7.19. The van der Waals surface area contributed by atoms with Gasteiger partial charge in [0.25, 0.3) is 0 Å². The summed E-state index contributed by atoms with van der Waals surface area (Å²) in [6.45, 7) is 1.56. The number of fused-ring (bicyclic) bond motifs is 3. The van der Waals surface area contributed by atoms with Gasteiger partial charge in [0, 0.05) is 49.6 Å². The molecule has 1 aliphatic rings. The van der Waals surface area contributed by atoms with Crippen molar-refractivity contribution in [1.29, 1.82) is 0 Å². The van der Waals surface area contributed by atoms with E-state index < -0.39 is 11.6 Å². The first-order chi connectivity index (χ1) is 13.6. The number of pyridine rings is 1. The van der Waals surface area contributed by atoms with E-state index in [1.807, 2.05) is 13.1 Å². The van der Waals surface area contributed by atoms with Gasteiger partial charge in [0.1, 0.15) is 11.5 Å². The van der Waals surface area contributed by atoms with E-state index in [4.69, 9.17) is 9.72 Å². The molecular weight excluding hydrogens is 362 g/mol. The monoisotopic (exact) mass is 386 g/mol. The lowest BCUT2D eigenvalue weighted by molar-refractivity contribution is 0.194. The Bertz CT molecular complexity index is 1000. The number of ether oxygens (including phenoxy) is 1. The zero-order valence-electron chi connectivity index (χ0n) is 16.1. The molecular formula is C21H24F2N4O. The van der Waals surface area contributed by atoms with E-state index in [0.29, 0.717) is 24.2 Å². The molecule has 0 bridgehead atoms. The molecule has 5 nitrogen and oxygen atoms in total. The molecule has 2 aromatic heterocycles. The quantitative estimate of drug-likeness (QED) is 0.635. The van der Waals surface area contributed by atoms with Crippen LogP contribution < -0.4 is 10.6 Å². The van der Waals surface area contributed by atoms with Crippen molar-refractivity contribution in [2.75, 3.05) is 25.6 Å². The molecule has 28 heavy (non-hydrogen) atoms. The summed E-state index contributed by atoms with van der Waals surface area (Å²) in [5.74, 6) is -1.14. The Labute approximate surface area is 162 Å². The Morgan fingerprint density at radius 2 is 2.07 bits per heavy atom. The van der Waals surface area contributed by atoms with Gasteiger partial charge < -0.3 is 19.9 Å². The first-order valence-corrected chi connectivity index (χ1v) is 9.48. The minimum Gasteiger partial charge on any atom is -0.383 e. The number of hydrogen-bond donors (Lipinski definition) is 2. The maximum atomic E-state index is 13.4. The van der Waals surface area contributed by atoms with Gasteiger partial charge in [-0.3, -0.25) is 0 Å². The van der Waals surface area contributed by atoms with Gasteiger partial charge in [0.15, 0.2) is 11.6 Å². The van der Waals surface area contributed by atoms with Crippen LogP contribution in [0.25, 0.3) is 11.0 Å². The highest BCUT2D eigenvalue weighted by atomic mass is 19.2.